The van der Waals surface area contributed by atoms with Gasteiger partial charge in [-0.05, 0) is 30.4 Å². The summed E-state index contributed by atoms with van der Waals surface area (Å²) in [6, 6.07) is 11.3. The highest BCUT2D eigenvalue weighted by Crippen LogP contribution is 2.47. The van der Waals surface area contributed by atoms with Gasteiger partial charge >= 0.3 is 5.97 Å². The Morgan fingerprint density at radius 1 is 1.26 bits per heavy atom. The first-order valence-corrected chi connectivity index (χ1v) is 11.1. The Balaban J connectivity index is 1.61. The number of aliphatic hydroxyl groups excluding tert-OH is 1. The number of amides is 1. The predicted octanol–water partition coefficient (Wildman–Crippen LogP) is 0.773. The van der Waals surface area contributed by atoms with Crippen LogP contribution in [0.1, 0.15) is 19.4 Å². The molecule has 180 valence electrons. The molecule has 4 atom stereocenters. The van der Waals surface area contributed by atoms with E-state index in [-0.39, 0.29) is 36.1 Å². The zero-order chi connectivity index (χ0) is 24.6. The number of hydrogen-bond acceptors (Lipinski definition) is 7. The summed E-state index contributed by atoms with van der Waals surface area (Å²) in [5.74, 6) is 3.78. The molecule has 2 heterocycles. The smallest absolute Gasteiger partial charge is 0.373 e. The van der Waals surface area contributed by atoms with Crippen LogP contribution in [0.15, 0.2) is 47.7 Å². The lowest BCUT2D eigenvalue weighted by atomic mass is 9.78. The van der Waals surface area contributed by atoms with E-state index < -0.39 is 18.0 Å². The number of rotatable bonds is 8. The number of hydrogen-bond donors (Lipinski definition) is 5. The number of nitrogens with one attached hydrogen (secondary N) is 2. The van der Waals surface area contributed by atoms with Gasteiger partial charge < -0.3 is 30.6 Å². The number of carbonyl (C=O) groups is 2. The third kappa shape index (κ3) is 3.95. The summed E-state index contributed by atoms with van der Waals surface area (Å²) in [5.41, 5.74) is 7.15. The van der Waals surface area contributed by atoms with Crippen LogP contribution in [-0.4, -0.2) is 53.1 Å². The maximum Gasteiger partial charge on any atom is 0.373 e. The van der Waals surface area contributed by atoms with Gasteiger partial charge in [0, 0.05) is 23.4 Å². The molecule has 10 heteroatoms. The Bertz CT molecular complexity index is 1180. The van der Waals surface area contributed by atoms with Crippen molar-refractivity contribution in [3.8, 4) is 5.75 Å². The van der Waals surface area contributed by atoms with Gasteiger partial charge in [0.1, 0.15) is 18.1 Å². The van der Waals surface area contributed by atoms with Crippen LogP contribution in [0.25, 0.3) is 10.8 Å². The van der Waals surface area contributed by atoms with Gasteiger partial charge in [-0.15, -0.1) is 0 Å². The molecule has 0 radical (unpaired) electrons. The van der Waals surface area contributed by atoms with Crippen molar-refractivity contribution in [1.29, 1.82) is 5.41 Å². The average molecular weight is 468 g/mol. The number of aliphatic hydroxyl groups is 1. The lowest BCUT2D eigenvalue weighted by Gasteiger charge is -2.46. The molecule has 0 bridgehead atoms. The van der Waals surface area contributed by atoms with Gasteiger partial charge in [0.15, 0.2) is 5.96 Å². The first-order valence-electron chi connectivity index (χ1n) is 11.1. The number of β-lactam (4-membered cyclic amide) rings is 1. The standard InChI is InChI=1S/C24H29N5O5/c1-12-17(21(23(32)34-27)29-20(12)19(13(2)30)22(29)31)11-33-18-8-4-6-15-14(5-3-7-16(15)18)9-10-28-24(25)26/h3-8,12-13,19-20,30H,9-11,27H2,1-2H3,(H4,25,26,28)/t12-,13+,19+,20+/m0/s1. The Hall–Kier alpha value is -3.63. The highest BCUT2D eigenvalue weighted by Gasteiger charge is 2.60. The second-order valence-corrected chi connectivity index (χ2v) is 8.68. The van der Waals surface area contributed by atoms with Crippen molar-refractivity contribution in [2.75, 3.05) is 13.2 Å². The van der Waals surface area contributed by atoms with Crippen LogP contribution in [0.2, 0.25) is 0 Å². The molecule has 7 N–H and O–H groups in total. The van der Waals surface area contributed by atoms with Crippen LogP contribution in [-0.2, 0) is 20.8 Å². The van der Waals surface area contributed by atoms with Crippen molar-refractivity contribution in [2.45, 2.75) is 32.4 Å². The Morgan fingerprint density at radius 2 is 1.97 bits per heavy atom. The van der Waals surface area contributed by atoms with Gasteiger partial charge in [-0.2, -0.15) is 5.90 Å². The maximum absolute atomic E-state index is 12.6. The summed E-state index contributed by atoms with van der Waals surface area (Å²) in [4.78, 5) is 30.9. The molecule has 1 amide bonds. The van der Waals surface area contributed by atoms with E-state index in [4.69, 9.17) is 21.8 Å². The second-order valence-electron chi connectivity index (χ2n) is 8.68. The van der Waals surface area contributed by atoms with Gasteiger partial charge in [-0.25, -0.2) is 4.79 Å². The van der Waals surface area contributed by atoms with Crippen molar-refractivity contribution in [3.63, 3.8) is 0 Å². The molecular weight excluding hydrogens is 438 g/mol. The minimum atomic E-state index is -0.833. The minimum Gasteiger partial charge on any atom is -0.488 e. The number of benzene rings is 2. The normalized spacial score (nSPS) is 22.3. The summed E-state index contributed by atoms with van der Waals surface area (Å²) in [6.07, 6.45) is -0.158. The van der Waals surface area contributed by atoms with Gasteiger partial charge in [0.2, 0.25) is 5.91 Å². The van der Waals surface area contributed by atoms with Crippen molar-refractivity contribution in [1.82, 2.24) is 10.2 Å². The molecule has 34 heavy (non-hydrogen) atoms. The number of carbonyl (C=O) groups excluding carboxylic acids is 2. The van der Waals surface area contributed by atoms with E-state index in [9.17, 15) is 14.7 Å². The second kappa shape index (κ2) is 9.32. The quantitative estimate of drug-likeness (QED) is 0.164. The van der Waals surface area contributed by atoms with Crippen LogP contribution in [0.4, 0.5) is 0 Å². The summed E-state index contributed by atoms with van der Waals surface area (Å²) in [5, 5.41) is 22.1. The van der Waals surface area contributed by atoms with E-state index in [1.165, 1.54) is 4.90 Å². The SMILES string of the molecule is C[C@@H](O)[C@H]1C(=O)N2C(C(=O)ON)=C(COc3cccc4c(CCNC(=N)N)cccc34)[C@H](C)[C@H]12. The number of nitrogens with zero attached hydrogens (tertiary/aromatic N) is 1. The molecule has 2 aromatic carbocycles. The van der Waals surface area contributed by atoms with Gasteiger partial charge in [0.25, 0.3) is 0 Å². The van der Waals surface area contributed by atoms with Crippen molar-refractivity contribution in [2.24, 2.45) is 23.5 Å². The highest BCUT2D eigenvalue weighted by molar-refractivity contribution is 6.00. The van der Waals surface area contributed by atoms with Crippen molar-refractivity contribution < 1.29 is 24.3 Å². The molecule has 0 saturated carbocycles. The fourth-order valence-corrected chi connectivity index (χ4v) is 5.06. The lowest BCUT2D eigenvalue weighted by Crippen LogP contribution is -2.63. The monoisotopic (exact) mass is 467 g/mol. The molecule has 2 aromatic rings. The van der Waals surface area contributed by atoms with Gasteiger partial charge in [-0.1, -0.05) is 37.3 Å². The van der Waals surface area contributed by atoms with Crippen LogP contribution in [0.3, 0.4) is 0 Å². The van der Waals surface area contributed by atoms with E-state index in [2.05, 4.69) is 10.2 Å². The first kappa shape index (κ1) is 23.5. The molecule has 0 aromatic heterocycles. The maximum atomic E-state index is 12.6. The van der Waals surface area contributed by atoms with Crippen LogP contribution in [0, 0.1) is 17.2 Å². The van der Waals surface area contributed by atoms with Crippen LogP contribution >= 0.6 is 0 Å². The number of ether oxygens (including phenoxy) is 1. The van der Waals surface area contributed by atoms with Crippen LogP contribution < -0.4 is 21.7 Å². The summed E-state index contributed by atoms with van der Waals surface area (Å²) in [7, 11) is 0. The third-order valence-corrected chi connectivity index (χ3v) is 6.68. The molecule has 0 aliphatic carbocycles. The van der Waals surface area contributed by atoms with Crippen molar-refractivity contribution in [3.05, 3.63) is 53.2 Å². The van der Waals surface area contributed by atoms with E-state index in [0.29, 0.717) is 24.3 Å². The van der Waals surface area contributed by atoms with E-state index >= 15 is 0 Å². The Kier molecular flexibility index (Phi) is 6.45. The summed E-state index contributed by atoms with van der Waals surface area (Å²) >= 11 is 0. The molecule has 2 aliphatic heterocycles. The predicted molar refractivity (Wildman–Crippen MR) is 125 cm³/mol. The number of fused-ring (bicyclic) bond motifs is 2. The molecule has 0 spiro atoms. The Labute approximate surface area is 196 Å². The lowest BCUT2D eigenvalue weighted by molar-refractivity contribution is -0.164. The van der Waals surface area contributed by atoms with E-state index in [1.54, 1.807) is 6.92 Å². The van der Waals surface area contributed by atoms with Crippen molar-refractivity contribution >= 4 is 28.6 Å². The topological polar surface area (TPSA) is 164 Å². The highest BCUT2D eigenvalue weighted by atomic mass is 16.7. The molecule has 10 nitrogen and oxygen atoms in total. The van der Waals surface area contributed by atoms with E-state index in [1.807, 2.05) is 43.3 Å². The summed E-state index contributed by atoms with van der Waals surface area (Å²) < 4.78 is 6.17. The minimum absolute atomic E-state index is 0.0631. The third-order valence-electron chi connectivity index (χ3n) is 6.68. The zero-order valence-corrected chi connectivity index (χ0v) is 19.1. The molecule has 1 fully saturated rings. The molecule has 0 unspecified atom stereocenters. The largest absolute Gasteiger partial charge is 0.488 e. The molecule has 1 saturated heterocycles. The molecule has 4 rings (SSSR count). The van der Waals surface area contributed by atoms with Gasteiger partial charge in [0.05, 0.1) is 18.1 Å². The fraction of sp³-hybridized carbons (Fsp3) is 0.375. The first-order chi connectivity index (χ1) is 16.3. The number of nitrogens with two attached hydrogens (primary N) is 2. The fourth-order valence-electron chi connectivity index (χ4n) is 5.06. The average Bonchev–Trinajstić information content (AvgIpc) is 3.04. The summed E-state index contributed by atoms with van der Waals surface area (Å²) in [6.45, 7) is 4.07. The molecular formula is C24H29N5O5. The van der Waals surface area contributed by atoms with E-state index in [0.717, 1.165) is 16.3 Å². The molecule has 2 aliphatic rings. The number of guanidine groups is 1. The van der Waals surface area contributed by atoms with Gasteiger partial charge in [-0.3, -0.25) is 10.2 Å². The Morgan fingerprint density at radius 3 is 2.65 bits per heavy atom. The van der Waals surface area contributed by atoms with Crippen LogP contribution in [0.5, 0.6) is 5.75 Å². The zero-order valence-electron chi connectivity index (χ0n) is 19.1.